The first-order valence-corrected chi connectivity index (χ1v) is 10.7. The van der Waals surface area contributed by atoms with Gasteiger partial charge in [-0.05, 0) is 29.7 Å². The molecule has 0 aliphatic rings. The van der Waals surface area contributed by atoms with Crippen LogP contribution >= 0.6 is 23.2 Å². The van der Waals surface area contributed by atoms with Crippen LogP contribution in [0.2, 0.25) is 5.02 Å². The van der Waals surface area contributed by atoms with Crippen LogP contribution in [0.15, 0.2) is 78.9 Å². The zero-order chi connectivity index (χ0) is 22.3. The molecule has 0 aliphatic carbocycles. The Labute approximate surface area is 187 Å². The van der Waals surface area contributed by atoms with Crippen LogP contribution in [0.5, 0.6) is 0 Å². The van der Waals surface area contributed by atoms with Crippen molar-refractivity contribution in [3.63, 3.8) is 0 Å². The van der Waals surface area contributed by atoms with Gasteiger partial charge in [-0.3, -0.25) is 0 Å². The molecule has 2 heteroatoms. The molecule has 0 aromatic heterocycles. The standard InChI is InChI=1S/C20H16Cl2.C3H8.C2H6.C2H2/c1-15-12-13-18(19(21)14-15)20(22,16-8-4-2-5-9-16)17-10-6-3-7-11-17;1-3-2;2*1-2/h2-14H,1H3;3H2,1-2H3;1-2H3;1-2H. The van der Waals surface area contributed by atoms with Gasteiger partial charge in [0.25, 0.3) is 0 Å². The Morgan fingerprint density at radius 2 is 1.14 bits per heavy atom. The van der Waals surface area contributed by atoms with Crippen LogP contribution in [0.1, 0.15) is 56.4 Å². The molecular formula is C27H32Cl2. The molecule has 29 heavy (non-hydrogen) atoms. The molecule has 3 aromatic rings. The Balaban J connectivity index is 0.00000100. The van der Waals surface area contributed by atoms with Gasteiger partial charge in [0.1, 0.15) is 4.87 Å². The maximum absolute atomic E-state index is 7.19. The van der Waals surface area contributed by atoms with E-state index in [2.05, 4.69) is 26.7 Å². The fourth-order valence-electron chi connectivity index (χ4n) is 2.71. The average Bonchev–Trinajstić information content (AvgIpc) is 2.78. The minimum absolute atomic E-state index is 0.683. The number of alkyl halides is 1. The molecule has 0 saturated carbocycles. The highest BCUT2D eigenvalue weighted by molar-refractivity contribution is 6.34. The van der Waals surface area contributed by atoms with E-state index in [9.17, 15) is 0 Å². The highest BCUT2D eigenvalue weighted by Crippen LogP contribution is 2.45. The van der Waals surface area contributed by atoms with Crippen molar-refractivity contribution in [2.24, 2.45) is 0 Å². The Morgan fingerprint density at radius 3 is 1.48 bits per heavy atom. The molecule has 154 valence electrons. The normalized spacial score (nSPS) is 9.55. The van der Waals surface area contributed by atoms with Gasteiger partial charge in [0, 0.05) is 10.6 Å². The van der Waals surface area contributed by atoms with E-state index in [0.717, 1.165) is 22.3 Å². The second-order valence-corrected chi connectivity index (χ2v) is 7.06. The molecule has 0 amide bonds. The minimum atomic E-state index is -0.798. The zero-order valence-corrected chi connectivity index (χ0v) is 19.6. The van der Waals surface area contributed by atoms with Gasteiger partial charge in [-0.25, -0.2) is 0 Å². The molecule has 0 fully saturated rings. The molecule has 0 atom stereocenters. The van der Waals surface area contributed by atoms with Gasteiger partial charge < -0.3 is 0 Å². The molecule has 0 N–H and O–H groups in total. The van der Waals surface area contributed by atoms with Gasteiger partial charge in [-0.15, -0.1) is 24.4 Å². The number of hydrogen-bond donors (Lipinski definition) is 0. The van der Waals surface area contributed by atoms with E-state index in [1.807, 2.05) is 99.6 Å². The third kappa shape index (κ3) is 7.28. The van der Waals surface area contributed by atoms with Crippen LogP contribution < -0.4 is 0 Å². The van der Waals surface area contributed by atoms with Crippen molar-refractivity contribution in [1.82, 2.24) is 0 Å². The molecule has 0 bridgehead atoms. The van der Waals surface area contributed by atoms with Crippen LogP contribution in [-0.2, 0) is 4.87 Å². The minimum Gasteiger partial charge on any atom is -0.124 e. The predicted molar refractivity (Wildman–Crippen MR) is 132 cm³/mol. The van der Waals surface area contributed by atoms with E-state index in [1.54, 1.807) is 0 Å². The average molecular weight is 427 g/mol. The van der Waals surface area contributed by atoms with Crippen molar-refractivity contribution < 1.29 is 0 Å². The maximum Gasteiger partial charge on any atom is 0.121 e. The summed E-state index contributed by atoms with van der Waals surface area (Å²) in [6.45, 7) is 10.3. The van der Waals surface area contributed by atoms with E-state index in [0.29, 0.717) is 5.02 Å². The number of hydrogen-bond acceptors (Lipinski definition) is 0. The van der Waals surface area contributed by atoms with Gasteiger partial charge in [0.05, 0.1) is 0 Å². The summed E-state index contributed by atoms with van der Waals surface area (Å²) in [7, 11) is 0. The fraction of sp³-hybridized carbons (Fsp3) is 0.259. The molecule has 0 unspecified atom stereocenters. The Kier molecular flexibility index (Phi) is 13.6. The molecular weight excluding hydrogens is 395 g/mol. The van der Waals surface area contributed by atoms with Gasteiger partial charge in [-0.1, -0.05) is 119 Å². The second kappa shape index (κ2) is 14.7. The summed E-state index contributed by atoms with van der Waals surface area (Å²) < 4.78 is 0. The third-order valence-electron chi connectivity index (χ3n) is 3.84. The van der Waals surface area contributed by atoms with Crippen molar-refractivity contribution >= 4 is 23.2 Å². The van der Waals surface area contributed by atoms with E-state index in [-0.39, 0.29) is 0 Å². The van der Waals surface area contributed by atoms with Crippen LogP contribution in [-0.4, -0.2) is 0 Å². The predicted octanol–water partition coefficient (Wildman–Crippen LogP) is 8.87. The number of rotatable bonds is 3. The first-order valence-electron chi connectivity index (χ1n) is 9.93. The van der Waals surface area contributed by atoms with Crippen molar-refractivity contribution in [2.45, 2.75) is 45.9 Å². The van der Waals surface area contributed by atoms with E-state index >= 15 is 0 Å². The lowest BCUT2D eigenvalue weighted by molar-refractivity contribution is 0.879. The lowest BCUT2D eigenvalue weighted by Crippen LogP contribution is -2.22. The maximum atomic E-state index is 7.19. The van der Waals surface area contributed by atoms with E-state index in [4.69, 9.17) is 23.2 Å². The highest BCUT2D eigenvalue weighted by atomic mass is 35.5. The van der Waals surface area contributed by atoms with E-state index < -0.39 is 4.87 Å². The van der Waals surface area contributed by atoms with Crippen molar-refractivity contribution in [2.75, 3.05) is 0 Å². The van der Waals surface area contributed by atoms with Crippen LogP contribution in [0.3, 0.4) is 0 Å². The number of terminal acetylenes is 1. The molecule has 0 aliphatic heterocycles. The quantitative estimate of drug-likeness (QED) is 0.222. The Morgan fingerprint density at radius 1 is 0.759 bits per heavy atom. The van der Waals surface area contributed by atoms with E-state index in [1.165, 1.54) is 6.42 Å². The number of benzene rings is 3. The van der Waals surface area contributed by atoms with Gasteiger partial charge in [0.2, 0.25) is 0 Å². The topological polar surface area (TPSA) is 0 Å². The molecule has 0 saturated heterocycles. The number of aryl methyl sites for hydroxylation is 1. The monoisotopic (exact) mass is 426 g/mol. The Hall–Kier alpha value is -2.20. The van der Waals surface area contributed by atoms with Gasteiger partial charge >= 0.3 is 0 Å². The summed E-state index contributed by atoms with van der Waals surface area (Å²) in [5.41, 5.74) is 4.04. The van der Waals surface area contributed by atoms with Crippen LogP contribution in [0, 0.1) is 19.8 Å². The molecule has 0 radical (unpaired) electrons. The summed E-state index contributed by atoms with van der Waals surface area (Å²) in [6, 6.07) is 26.1. The lowest BCUT2D eigenvalue weighted by Gasteiger charge is -2.30. The summed E-state index contributed by atoms with van der Waals surface area (Å²) in [5.74, 6) is 0. The molecule has 0 spiro atoms. The van der Waals surface area contributed by atoms with Crippen molar-refractivity contribution in [3.8, 4) is 12.8 Å². The van der Waals surface area contributed by atoms with Gasteiger partial charge in [-0.2, -0.15) is 0 Å². The summed E-state index contributed by atoms with van der Waals surface area (Å²) in [5, 5.41) is 0.683. The lowest BCUT2D eigenvalue weighted by atomic mass is 9.84. The van der Waals surface area contributed by atoms with Crippen molar-refractivity contribution in [3.05, 3.63) is 106 Å². The molecule has 3 rings (SSSR count). The molecule has 0 nitrogen and oxygen atoms in total. The highest BCUT2D eigenvalue weighted by Gasteiger charge is 2.35. The summed E-state index contributed by atoms with van der Waals surface area (Å²) in [6.07, 6.45) is 9.25. The van der Waals surface area contributed by atoms with Crippen LogP contribution in [0.4, 0.5) is 0 Å². The van der Waals surface area contributed by atoms with Gasteiger partial charge in [0.15, 0.2) is 0 Å². The second-order valence-electron chi connectivity index (χ2n) is 6.08. The Bertz CT molecular complexity index is 781. The molecule has 3 aromatic carbocycles. The molecule has 0 heterocycles. The number of halogens is 2. The largest absolute Gasteiger partial charge is 0.124 e. The van der Waals surface area contributed by atoms with Crippen molar-refractivity contribution in [1.29, 1.82) is 0 Å². The first kappa shape index (κ1) is 26.8. The SMILES string of the molecule is C#C.CC.CCC.Cc1ccc(C(Cl)(c2ccccc2)c2ccccc2)c(Cl)c1. The third-order valence-corrected chi connectivity index (χ3v) is 4.79. The summed E-state index contributed by atoms with van der Waals surface area (Å²) in [4.78, 5) is -0.798. The smallest absolute Gasteiger partial charge is 0.121 e. The first-order chi connectivity index (χ1) is 14.0. The zero-order valence-electron chi connectivity index (χ0n) is 18.1. The summed E-state index contributed by atoms with van der Waals surface area (Å²) >= 11 is 13.7. The fourth-order valence-corrected chi connectivity index (χ4v) is 3.55. The van der Waals surface area contributed by atoms with Crippen LogP contribution in [0.25, 0.3) is 0 Å².